The van der Waals surface area contributed by atoms with E-state index in [1.807, 2.05) is 0 Å². The van der Waals surface area contributed by atoms with Crippen molar-refractivity contribution in [1.29, 1.82) is 0 Å². The van der Waals surface area contributed by atoms with E-state index in [2.05, 4.69) is 5.32 Å². The third-order valence-corrected chi connectivity index (χ3v) is 3.74. The van der Waals surface area contributed by atoms with Crippen molar-refractivity contribution in [1.82, 2.24) is 0 Å². The van der Waals surface area contributed by atoms with E-state index in [4.69, 9.17) is 14.2 Å². The molecule has 0 atom stereocenters. The first-order valence-corrected chi connectivity index (χ1v) is 7.79. The normalized spacial score (nSPS) is 10.0. The van der Waals surface area contributed by atoms with Gasteiger partial charge in [-0.2, -0.15) is 0 Å². The molecule has 0 amide bonds. The zero-order valence-corrected chi connectivity index (χ0v) is 15.0. The maximum absolute atomic E-state index is 12.4. The van der Waals surface area contributed by atoms with Crippen LogP contribution < -0.4 is 14.8 Å². The van der Waals surface area contributed by atoms with E-state index in [9.17, 15) is 19.7 Å². The van der Waals surface area contributed by atoms with Crippen LogP contribution in [0, 0.1) is 10.1 Å². The molecule has 0 bridgehead atoms. The highest BCUT2D eigenvalue weighted by Crippen LogP contribution is 2.25. The van der Waals surface area contributed by atoms with Crippen LogP contribution in [-0.4, -0.2) is 44.6 Å². The molecule has 0 fully saturated rings. The van der Waals surface area contributed by atoms with E-state index >= 15 is 0 Å². The fraction of sp³-hybridized carbons (Fsp3) is 0.222. The van der Waals surface area contributed by atoms with Crippen molar-refractivity contribution in [3.63, 3.8) is 0 Å². The average Bonchev–Trinajstić information content (AvgIpc) is 2.70. The number of non-ortho nitro benzene ring substituents is 1. The highest BCUT2D eigenvalue weighted by Gasteiger charge is 2.20. The van der Waals surface area contributed by atoms with Gasteiger partial charge in [0.2, 0.25) is 5.78 Å². The first-order valence-electron chi connectivity index (χ1n) is 7.79. The summed E-state index contributed by atoms with van der Waals surface area (Å²) < 4.78 is 15.3. The molecule has 2 aromatic carbocycles. The predicted molar refractivity (Wildman–Crippen MR) is 96.8 cm³/mol. The number of carbonyl (C=O) groups is 2. The Labute approximate surface area is 155 Å². The molecule has 0 radical (unpaired) electrons. The second-order valence-electron chi connectivity index (χ2n) is 5.30. The summed E-state index contributed by atoms with van der Waals surface area (Å²) in [5, 5.41) is 13.7. The molecule has 2 aromatic rings. The zero-order valence-electron chi connectivity index (χ0n) is 15.0. The Kier molecular flexibility index (Phi) is 6.32. The molecule has 0 aliphatic heterocycles. The quantitative estimate of drug-likeness (QED) is 0.324. The summed E-state index contributed by atoms with van der Waals surface area (Å²) in [6, 6.07) is 8.40. The molecule has 0 saturated heterocycles. The minimum Gasteiger partial charge on any atom is -0.497 e. The summed E-state index contributed by atoms with van der Waals surface area (Å²) in [5.74, 6) is -0.612. The summed E-state index contributed by atoms with van der Waals surface area (Å²) in [6.07, 6.45) is 0. The number of nitrogens with zero attached hydrogens (tertiary/aromatic N) is 1. The standard InChI is InChI=1S/C18H18N2O7/c1-19-15-6-4-11(20(23)24)8-13(15)18(22)27-10-16(21)14-9-12(25-2)5-7-17(14)26-3/h4-9,19H,10H2,1-3H3. The number of nitro groups is 1. The van der Waals surface area contributed by atoms with E-state index in [0.29, 0.717) is 17.2 Å². The fourth-order valence-electron chi connectivity index (χ4n) is 2.35. The van der Waals surface area contributed by atoms with Gasteiger partial charge in [-0.25, -0.2) is 4.79 Å². The number of benzene rings is 2. The fourth-order valence-corrected chi connectivity index (χ4v) is 2.35. The van der Waals surface area contributed by atoms with Crippen molar-refractivity contribution in [2.45, 2.75) is 0 Å². The van der Waals surface area contributed by atoms with Crippen molar-refractivity contribution in [3.8, 4) is 11.5 Å². The molecule has 0 unspecified atom stereocenters. The van der Waals surface area contributed by atoms with Gasteiger partial charge in [0, 0.05) is 24.9 Å². The maximum atomic E-state index is 12.4. The number of hydrogen-bond donors (Lipinski definition) is 1. The topological polar surface area (TPSA) is 117 Å². The minimum absolute atomic E-state index is 0.0443. The number of rotatable bonds is 8. The highest BCUT2D eigenvalue weighted by atomic mass is 16.6. The van der Waals surface area contributed by atoms with Crippen LogP contribution in [0.1, 0.15) is 20.7 Å². The Morgan fingerprint density at radius 3 is 2.41 bits per heavy atom. The van der Waals surface area contributed by atoms with Crippen LogP contribution in [0.4, 0.5) is 11.4 Å². The molecular weight excluding hydrogens is 356 g/mol. The Balaban J connectivity index is 2.19. The van der Waals surface area contributed by atoms with Gasteiger partial charge in [0.05, 0.1) is 30.3 Å². The van der Waals surface area contributed by atoms with Gasteiger partial charge in [0.1, 0.15) is 11.5 Å². The van der Waals surface area contributed by atoms with Crippen LogP contribution in [0.2, 0.25) is 0 Å². The molecule has 0 heterocycles. The summed E-state index contributed by atoms with van der Waals surface area (Å²) in [6.45, 7) is -0.561. The van der Waals surface area contributed by atoms with E-state index < -0.39 is 23.3 Å². The van der Waals surface area contributed by atoms with E-state index in [1.165, 1.54) is 32.4 Å². The van der Waals surface area contributed by atoms with Crippen LogP contribution >= 0.6 is 0 Å². The Morgan fingerprint density at radius 2 is 1.81 bits per heavy atom. The average molecular weight is 374 g/mol. The molecule has 0 spiro atoms. The molecule has 2 rings (SSSR count). The van der Waals surface area contributed by atoms with Gasteiger partial charge < -0.3 is 19.5 Å². The van der Waals surface area contributed by atoms with Gasteiger partial charge in [-0.1, -0.05) is 0 Å². The third-order valence-electron chi connectivity index (χ3n) is 3.74. The first-order chi connectivity index (χ1) is 12.9. The van der Waals surface area contributed by atoms with Gasteiger partial charge in [-0.3, -0.25) is 14.9 Å². The summed E-state index contributed by atoms with van der Waals surface area (Å²) in [5.41, 5.74) is 0.230. The minimum atomic E-state index is -0.863. The highest BCUT2D eigenvalue weighted by molar-refractivity contribution is 6.02. The molecule has 0 aromatic heterocycles. The van der Waals surface area contributed by atoms with E-state index in [-0.39, 0.29) is 16.8 Å². The monoisotopic (exact) mass is 374 g/mol. The van der Waals surface area contributed by atoms with E-state index in [1.54, 1.807) is 19.2 Å². The Morgan fingerprint density at radius 1 is 1.07 bits per heavy atom. The number of hydrogen-bond acceptors (Lipinski definition) is 8. The number of carbonyl (C=O) groups excluding carboxylic acids is 2. The molecule has 0 aliphatic rings. The maximum Gasteiger partial charge on any atom is 0.340 e. The first kappa shape index (κ1) is 19.7. The lowest BCUT2D eigenvalue weighted by Crippen LogP contribution is -2.16. The Bertz CT molecular complexity index is 880. The number of ketones is 1. The van der Waals surface area contributed by atoms with Crippen LogP contribution in [0.15, 0.2) is 36.4 Å². The van der Waals surface area contributed by atoms with Gasteiger partial charge >= 0.3 is 5.97 Å². The summed E-state index contributed by atoms with van der Waals surface area (Å²) in [4.78, 5) is 35.0. The number of nitro benzene ring substituents is 1. The number of ether oxygens (including phenoxy) is 3. The molecular formula is C18H18N2O7. The molecule has 142 valence electrons. The number of esters is 1. The number of Topliss-reactive ketones (excluding diaryl/α,β-unsaturated/α-hetero) is 1. The van der Waals surface area contributed by atoms with Crippen molar-refractivity contribution in [3.05, 3.63) is 57.6 Å². The van der Waals surface area contributed by atoms with Gasteiger partial charge in [0.25, 0.3) is 5.69 Å². The summed E-state index contributed by atoms with van der Waals surface area (Å²) in [7, 11) is 4.43. The van der Waals surface area contributed by atoms with Crippen molar-refractivity contribution in [2.75, 3.05) is 33.2 Å². The second kappa shape index (κ2) is 8.65. The lowest BCUT2D eigenvalue weighted by atomic mass is 10.1. The van der Waals surface area contributed by atoms with Crippen LogP contribution in [-0.2, 0) is 4.74 Å². The van der Waals surface area contributed by atoms with Crippen molar-refractivity contribution in [2.24, 2.45) is 0 Å². The number of methoxy groups -OCH3 is 2. The van der Waals surface area contributed by atoms with Gasteiger partial charge in [0.15, 0.2) is 6.61 Å². The van der Waals surface area contributed by atoms with Crippen LogP contribution in [0.3, 0.4) is 0 Å². The summed E-state index contributed by atoms with van der Waals surface area (Å²) >= 11 is 0. The van der Waals surface area contributed by atoms with Crippen molar-refractivity contribution < 1.29 is 28.7 Å². The van der Waals surface area contributed by atoms with Gasteiger partial charge in [-0.15, -0.1) is 0 Å². The Hall–Kier alpha value is -3.62. The van der Waals surface area contributed by atoms with E-state index in [0.717, 1.165) is 6.07 Å². The molecule has 27 heavy (non-hydrogen) atoms. The zero-order chi connectivity index (χ0) is 20.0. The smallest absolute Gasteiger partial charge is 0.340 e. The largest absolute Gasteiger partial charge is 0.497 e. The van der Waals surface area contributed by atoms with Crippen molar-refractivity contribution >= 4 is 23.1 Å². The molecule has 9 heteroatoms. The van der Waals surface area contributed by atoms with Crippen LogP contribution in [0.5, 0.6) is 11.5 Å². The lowest BCUT2D eigenvalue weighted by molar-refractivity contribution is -0.384. The third kappa shape index (κ3) is 4.51. The SMILES string of the molecule is CNc1ccc([N+](=O)[O-])cc1C(=O)OCC(=O)c1cc(OC)ccc1OC. The van der Waals surface area contributed by atoms with Crippen LogP contribution in [0.25, 0.3) is 0 Å². The molecule has 0 aliphatic carbocycles. The molecule has 1 N–H and O–H groups in total. The number of anilines is 1. The molecule has 9 nitrogen and oxygen atoms in total. The number of nitrogens with one attached hydrogen (secondary N) is 1. The second-order valence-corrected chi connectivity index (χ2v) is 5.30. The van der Waals surface area contributed by atoms with Gasteiger partial charge in [-0.05, 0) is 24.3 Å². The predicted octanol–water partition coefficient (Wildman–Crippen LogP) is 2.69. The molecule has 0 saturated carbocycles. The lowest BCUT2D eigenvalue weighted by Gasteiger charge is -2.11.